The fourth-order valence-corrected chi connectivity index (χ4v) is 4.63. The molecule has 0 fully saturated rings. The zero-order valence-electron chi connectivity index (χ0n) is 23.3. The summed E-state index contributed by atoms with van der Waals surface area (Å²) in [6.45, 7) is 7.39. The molecule has 208 valence electrons. The van der Waals surface area contributed by atoms with Crippen molar-refractivity contribution in [1.82, 2.24) is 0 Å². The smallest absolute Gasteiger partial charge is 0.336 e. The van der Waals surface area contributed by atoms with Crippen LogP contribution in [0.4, 0.5) is 0 Å². The maximum atomic E-state index is 12.0. The molecule has 6 heteroatoms. The number of hydrogen-bond donors (Lipinski definition) is 2. The molecule has 0 saturated carbocycles. The van der Waals surface area contributed by atoms with Crippen molar-refractivity contribution >= 4 is 11.9 Å². The Bertz CT molecular complexity index is 1260. The number of carboxylic acids is 2. The van der Waals surface area contributed by atoms with Gasteiger partial charge in [-0.15, -0.1) is 0 Å². The van der Waals surface area contributed by atoms with Gasteiger partial charge < -0.3 is 19.7 Å². The number of ether oxygens (including phenoxy) is 2. The summed E-state index contributed by atoms with van der Waals surface area (Å²) in [7, 11) is 0. The highest BCUT2D eigenvalue weighted by atomic mass is 16.5. The lowest BCUT2D eigenvalue weighted by Crippen LogP contribution is -2.04. The number of unbranched alkanes of at least 4 members (excludes halogenated alkanes) is 6. The molecule has 0 radical (unpaired) electrons. The summed E-state index contributed by atoms with van der Waals surface area (Å²) in [5.41, 5.74) is 3.82. The maximum absolute atomic E-state index is 12.0. The lowest BCUT2D eigenvalue weighted by atomic mass is 9.91. The van der Waals surface area contributed by atoms with Gasteiger partial charge in [0, 0.05) is 5.56 Å². The van der Waals surface area contributed by atoms with Crippen molar-refractivity contribution in [2.45, 2.75) is 72.1 Å². The highest BCUT2D eigenvalue weighted by molar-refractivity contribution is 5.98. The van der Waals surface area contributed by atoms with E-state index in [2.05, 4.69) is 13.8 Å². The quantitative estimate of drug-likeness (QED) is 0.179. The van der Waals surface area contributed by atoms with Gasteiger partial charge in [0.25, 0.3) is 0 Å². The van der Waals surface area contributed by atoms with Crippen molar-refractivity contribution in [2.24, 2.45) is 0 Å². The van der Waals surface area contributed by atoms with E-state index in [9.17, 15) is 19.8 Å². The minimum atomic E-state index is -1.02. The first-order valence-corrected chi connectivity index (χ1v) is 14.0. The molecule has 6 nitrogen and oxygen atoms in total. The lowest BCUT2D eigenvalue weighted by molar-refractivity contribution is 0.0686. The Balaban J connectivity index is 1.90. The number of aryl methyl sites for hydroxylation is 1. The first-order chi connectivity index (χ1) is 18.8. The lowest BCUT2D eigenvalue weighted by Gasteiger charge is -2.15. The molecule has 0 saturated heterocycles. The van der Waals surface area contributed by atoms with Gasteiger partial charge in [-0.2, -0.15) is 0 Å². The molecule has 3 aromatic carbocycles. The highest BCUT2D eigenvalue weighted by Gasteiger charge is 2.18. The average Bonchev–Trinajstić information content (AvgIpc) is 2.92. The molecule has 0 aliphatic heterocycles. The molecule has 0 aliphatic carbocycles. The Hall–Kier alpha value is -3.80. The Labute approximate surface area is 231 Å². The summed E-state index contributed by atoms with van der Waals surface area (Å²) in [5, 5.41) is 19.7. The van der Waals surface area contributed by atoms with E-state index in [4.69, 9.17) is 9.47 Å². The van der Waals surface area contributed by atoms with Gasteiger partial charge in [0.15, 0.2) is 0 Å². The number of aromatic carboxylic acids is 2. The van der Waals surface area contributed by atoms with E-state index in [0.29, 0.717) is 35.8 Å². The number of carboxylic acid groups (broad SMARTS) is 2. The Morgan fingerprint density at radius 1 is 0.615 bits per heavy atom. The summed E-state index contributed by atoms with van der Waals surface area (Å²) < 4.78 is 11.8. The minimum absolute atomic E-state index is 0.185. The van der Waals surface area contributed by atoms with Crippen molar-refractivity contribution in [3.8, 4) is 33.8 Å². The van der Waals surface area contributed by atoms with Crippen molar-refractivity contribution in [3.63, 3.8) is 0 Å². The van der Waals surface area contributed by atoms with Gasteiger partial charge in [0.2, 0.25) is 0 Å². The molecule has 0 heterocycles. The van der Waals surface area contributed by atoms with Crippen molar-refractivity contribution in [2.75, 3.05) is 13.2 Å². The van der Waals surface area contributed by atoms with Gasteiger partial charge in [0.05, 0.1) is 24.3 Å². The van der Waals surface area contributed by atoms with Crippen LogP contribution in [0.1, 0.15) is 91.5 Å². The van der Waals surface area contributed by atoms with Crippen LogP contribution < -0.4 is 9.47 Å². The second-order valence-electron chi connectivity index (χ2n) is 9.87. The number of hydrogen-bond acceptors (Lipinski definition) is 4. The second-order valence-corrected chi connectivity index (χ2v) is 9.87. The van der Waals surface area contributed by atoms with Crippen LogP contribution in [0.15, 0.2) is 54.6 Å². The van der Waals surface area contributed by atoms with Crippen LogP contribution >= 0.6 is 0 Å². The van der Waals surface area contributed by atoms with Gasteiger partial charge in [-0.1, -0.05) is 70.6 Å². The number of carbonyl (C=O) groups is 2. The van der Waals surface area contributed by atoms with Crippen LogP contribution in [-0.2, 0) is 0 Å². The summed E-state index contributed by atoms with van der Waals surface area (Å²) in [6.07, 6.45) is 8.72. The molecule has 2 N–H and O–H groups in total. The first-order valence-electron chi connectivity index (χ1n) is 14.0. The number of benzene rings is 3. The van der Waals surface area contributed by atoms with Gasteiger partial charge in [-0.25, -0.2) is 9.59 Å². The van der Waals surface area contributed by atoms with E-state index in [-0.39, 0.29) is 11.1 Å². The fraction of sp³-hybridized carbons (Fsp3) is 0.394. The van der Waals surface area contributed by atoms with E-state index in [1.54, 1.807) is 36.4 Å². The Kier molecular flexibility index (Phi) is 11.4. The third-order valence-corrected chi connectivity index (χ3v) is 6.80. The van der Waals surface area contributed by atoms with E-state index < -0.39 is 11.9 Å². The van der Waals surface area contributed by atoms with Crippen LogP contribution in [0.3, 0.4) is 0 Å². The zero-order chi connectivity index (χ0) is 28.2. The zero-order valence-corrected chi connectivity index (χ0v) is 23.3. The molecule has 0 bridgehead atoms. The van der Waals surface area contributed by atoms with Crippen LogP contribution in [0, 0.1) is 6.92 Å². The van der Waals surface area contributed by atoms with E-state index in [1.165, 1.54) is 0 Å². The van der Waals surface area contributed by atoms with Crippen LogP contribution in [0.25, 0.3) is 22.3 Å². The summed E-state index contributed by atoms with van der Waals surface area (Å²) in [6, 6.07) is 15.7. The van der Waals surface area contributed by atoms with E-state index >= 15 is 0 Å². The molecular weight excluding hydrogens is 492 g/mol. The van der Waals surface area contributed by atoms with Crippen molar-refractivity contribution in [3.05, 3.63) is 71.3 Å². The highest BCUT2D eigenvalue weighted by Crippen LogP contribution is 2.35. The Morgan fingerprint density at radius 2 is 1.13 bits per heavy atom. The van der Waals surface area contributed by atoms with Crippen LogP contribution in [0.2, 0.25) is 0 Å². The van der Waals surface area contributed by atoms with Gasteiger partial charge in [0.1, 0.15) is 11.5 Å². The van der Waals surface area contributed by atoms with Gasteiger partial charge in [-0.3, -0.25) is 0 Å². The minimum Gasteiger partial charge on any atom is -0.494 e. The topological polar surface area (TPSA) is 93.1 Å². The molecule has 0 unspecified atom stereocenters. The molecule has 0 amide bonds. The van der Waals surface area contributed by atoms with Gasteiger partial charge in [-0.05, 0) is 78.4 Å². The first kappa shape index (κ1) is 29.8. The summed E-state index contributed by atoms with van der Waals surface area (Å²) in [4.78, 5) is 24.0. The molecule has 39 heavy (non-hydrogen) atoms. The molecular formula is C33H40O6. The third-order valence-electron chi connectivity index (χ3n) is 6.80. The van der Waals surface area contributed by atoms with Crippen molar-refractivity contribution < 1.29 is 29.3 Å². The van der Waals surface area contributed by atoms with Gasteiger partial charge >= 0.3 is 11.9 Å². The molecule has 3 aromatic rings. The maximum Gasteiger partial charge on any atom is 0.336 e. The second kappa shape index (κ2) is 15.0. The number of rotatable bonds is 16. The molecule has 0 aliphatic rings. The molecule has 0 spiro atoms. The van der Waals surface area contributed by atoms with E-state index in [1.807, 2.05) is 25.1 Å². The van der Waals surface area contributed by atoms with Crippen LogP contribution in [-0.4, -0.2) is 35.4 Å². The fourth-order valence-electron chi connectivity index (χ4n) is 4.63. The summed E-state index contributed by atoms with van der Waals surface area (Å²) in [5.74, 6) is -0.768. The standard InChI is InChI=1S/C33H40O6/c1-4-6-8-10-18-38-25-13-16-28(32(34)35)30(21-25)24-12-15-27(23(3)20-24)31-22-26(14-17-29(31)33(36)37)39-19-11-9-7-5-2/h12-17,20-22H,4-11,18-19H2,1-3H3,(H,34,35)(H,36,37). The normalized spacial score (nSPS) is 10.8. The SMILES string of the molecule is CCCCCCOc1ccc(C(=O)O)c(-c2ccc(-c3cc(OCCCCCC)ccc3C(=O)O)c(C)c2)c1. The average molecular weight is 533 g/mol. The van der Waals surface area contributed by atoms with E-state index in [0.717, 1.165) is 68.1 Å². The predicted molar refractivity (Wildman–Crippen MR) is 155 cm³/mol. The molecule has 3 rings (SSSR count). The monoisotopic (exact) mass is 532 g/mol. The summed E-state index contributed by atoms with van der Waals surface area (Å²) >= 11 is 0. The largest absolute Gasteiger partial charge is 0.494 e. The molecule has 0 aromatic heterocycles. The Morgan fingerprint density at radius 3 is 1.62 bits per heavy atom. The predicted octanol–water partition coefficient (Wildman–Crippen LogP) is 8.64. The van der Waals surface area contributed by atoms with Crippen molar-refractivity contribution in [1.29, 1.82) is 0 Å². The third kappa shape index (κ3) is 8.34. The molecule has 0 atom stereocenters. The van der Waals surface area contributed by atoms with Crippen LogP contribution in [0.5, 0.6) is 11.5 Å².